The zero-order valence-electron chi connectivity index (χ0n) is 9.11. The van der Waals surface area contributed by atoms with Crippen LogP contribution in [0.15, 0.2) is 42.5 Å². The largest absolute Gasteiger partial charge is 0.618 e. The summed E-state index contributed by atoms with van der Waals surface area (Å²) in [5, 5.41) is 12.3. The first-order chi connectivity index (χ1) is 8.56. The molecule has 2 aromatic rings. The Balaban J connectivity index is 2.32. The van der Waals surface area contributed by atoms with Crippen LogP contribution in [0, 0.1) is 16.8 Å². The van der Waals surface area contributed by atoms with Crippen LogP contribution in [0.25, 0.3) is 0 Å². The van der Waals surface area contributed by atoms with Crippen LogP contribution in [0.4, 0.5) is 14.5 Å². The van der Waals surface area contributed by atoms with Gasteiger partial charge in [0.15, 0.2) is 17.8 Å². The molecule has 0 spiro atoms. The standard InChI is InChI=1S/C13H8ClF2NO/c14-10-3-1-9(2-4-10)8-17(18)11-5-6-12(15)13(16)7-11/h1-8H. The summed E-state index contributed by atoms with van der Waals surface area (Å²) < 4.78 is 26.1. The van der Waals surface area contributed by atoms with Crippen LogP contribution < -0.4 is 0 Å². The molecule has 0 aliphatic heterocycles. The molecule has 2 nitrogen and oxygen atoms in total. The van der Waals surface area contributed by atoms with Gasteiger partial charge in [0.05, 0.1) is 0 Å². The fraction of sp³-hybridized carbons (Fsp3) is 0. The van der Waals surface area contributed by atoms with Crippen LogP contribution in [-0.2, 0) is 0 Å². The van der Waals surface area contributed by atoms with Gasteiger partial charge in [0, 0.05) is 22.7 Å². The lowest BCUT2D eigenvalue weighted by Crippen LogP contribution is -1.99. The molecular weight excluding hydrogens is 260 g/mol. The number of hydrogen-bond donors (Lipinski definition) is 0. The second-order valence-corrected chi connectivity index (χ2v) is 4.04. The van der Waals surface area contributed by atoms with Gasteiger partial charge in [-0.1, -0.05) is 11.6 Å². The minimum absolute atomic E-state index is 0.0175. The highest BCUT2D eigenvalue weighted by Crippen LogP contribution is 2.16. The van der Waals surface area contributed by atoms with E-state index < -0.39 is 11.6 Å². The van der Waals surface area contributed by atoms with E-state index in [0.717, 1.165) is 12.1 Å². The van der Waals surface area contributed by atoms with Crippen molar-refractivity contribution in [2.45, 2.75) is 0 Å². The van der Waals surface area contributed by atoms with Gasteiger partial charge < -0.3 is 5.21 Å². The molecule has 92 valence electrons. The van der Waals surface area contributed by atoms with Crippen molar-refractivity contribution in [1.82, 2.24) is 0 Å². The van der Waals surface area contributed by atoms with Crippen molar-refractivity contribution in [3.63, 3.8) is 0 Å². The van der Waals surface area contributed by atoms with Gasteiger partial charge in [-0.25, -0.2) is 8.78 Å². The molecule has 0 aliphatic rings. The van der Waals surface area contributed by atoms with E-state index in [1.165, 1.54) is 12.3 Å². The maximum atomic E-state index is 13.0. The minimum Gasteiger partial charge on any atom is -0.618 e. The highest BCUT2D eigenvalue weighted by molar-refractivity contribution is 6.30. The van der Waals surface area contributed by atoms with E-state index in [2.05, 4.69) is 0 Å². The quantitative estimate of drug-likeness (QED) is 0.351. The Kier molecular flexibility index (Phi) is 3.58. The van der Waals surface area contributed by atoms with Gasteiger partial charge in [-0.15, -0.1) is 0 Å². The molecule has 0 atom stereocenters. The monoisotopic (exact) mass is 267 g/mol. The van der Waals surface area contributed by atoms with Gasteiger partial charge >= 0.3 is 0 Å². The normalized spacial score (nSPS) is 11.6. The number of benzene rings is 2. The second kappa shape index (κ2) is 5.14. The molecule has 0 amide bonds. The molecule has 5 heteroatoms. The van der Waals surface area contributed by atoms with E-state index in [4.69, 9.17) is 11.6 Å². The Morgan fingerprint density at radius 3 is 2.28 bits per heavy atom. The molecule has 2 aromatic carbocycles. The van der Waals surface area contributed by atoms with Gasteiger partial charge in [0.2, 0.25) is 5.69 Å². The topological polar surface area (TPSA) is 26.1 Å². The fourth-order valence-corrected chi connectivity index (χ4v) is 1.51. The second-order valence-electron chi connectivity index (χ2n) is 3.60. The molecule has 2 rings (SSSR count). The van der Waals surface area contributed by atoms with Crippen molar-refractivity contribution in [3.05, 3.63) is 69.9 Å². The smallest absolute Gasteiger partial charge is 0.219 e. The van der Waals surface area contributed by atoms with Crippen LogP contribution in [0.2, 0.25) is 5.02 Å². The summed E-state index contributed by atoms with van der Waals surface area (Å²) in [6.07, 6.45) is 1.25. The Hall–Kier alpha value is -1.94. The Morgan fingerprint density at radius 2 is 1.67 bits per heavy atom. The predicted molar refractivity (Wildman–Crippen MR) is 66.3 cm³/mol. The molecule has 0 saturated carbocycles. The number of rotatable bonds is 2. The molecule has 0 bridgehead atoms. The Labute approximate surface area is 107 Å². The molecule has 0 N–H and O–H groups in total. The molecule has 0 fully saturated rings. The number of nitrogens with zero attached hydrogens (tertiary/aromatic N) is 1. The fourth-order valence-electron chi connectivity index (χ4n) is 1.38. The van der Waals surface area contributed by atoms with Crippen LogP contribution in [0.3, 0.4) is 0 Å². The van der Waals surface area contributed by atoms with Crippen molar-refractivity contribution in [2.75, 3.05) is 0 Å². The van der Waals surface area contributed by atoms with Crippen LogP contribution in [0.5, 0.6) is 0 Å². The average Bonchev–Trinajstić information content (AvgIpc) is 2.35. The van der Waals surface area contributed by atoms with Crippen molar-refractivity contribution >= 4 is 23.5 Å². The van der Waals surface area contributed by atoms with E-state index in [0.29, 0.717) is 15.3 Å². The van der Waals surface area contributed by atoms with Gasteiger partial charge in [-0.05, 0) is 30.3 Å². The van der Waals surface area contributed by atoms with Gasteiger partial charge in [0.25, 0.3) is 0 Å². The van der Waals surface area contributed by atoms with Crippen molar-refractivity contribution in [1.29, 1.82) is 0 Å². The van der Waals surface area contributed by atoms with Crippen molar-refractivity contribution in [2.24, 2.45) is 0 Å². The van der Waals surface area contributed by atoms with Crippen molar-refractivity contribution in [3.8, 4) is 0 Å². The summed E-state index contributed by atoms with van der Waals surface area (Å²) in [4.78, 5) is 0. The van der Waals surface area contributed by atoms with E-state index in [-0.39, 0.29) is 5.69 Å². The Morgan fingerprint density at radius 1 is 1.00 bits per heavy atom. The highest BCUT2D eigenvalue weighted by Gasteiger charge is 2.08. The molecular formula is C13H8ClF2NO. The average molecular weight is 268 g/mol. The third kappa shape index (κ3) is 2.84. The molecule has 0 aromatic heterocycles. The maximum Gasteiger partial charge on any atom is 0.219 e. The van der Waals surface area contributed by atoms with Crippen LogP contribution in [-0.4, -0.2) is 11.0 Å². The lowest BCUT2D eigenvalue weighted by atomic mass is 10.2. The molecule has 0 unspecified atom stereocenters. The number of hydrogen-bond acceptors (Lipinski definition) is 1. The first kappa shape index (κ1) is 12.5. The molecule has 0 heterocycles. The first-order valence-corrected chi connectivity index (χ1v) is 5.46. The predicted octanol–water partition coefficient (Wildman–Crippen LogP) is 3.88. The number of halogens is 3. The van der Waals surface area contributed by atoms with E-state index in [1.54, 1.807) is 24.3 Å². The molecule has 0 radical (unpaired) electrons. The summed E-state index contributed by atoms with van der Waals surface area (Å²) in [7, 11) is 0. The highest BCUT2D eigenvalue weighted by atomic mass is 35.5. The first-order valence-electron chi connectivity index (χ1n) is 5.08. The lowest BCUT2D eigenvalue weighted by Gasteiger charge is -2.03. The van der Waals surface area contributed by atoms with Crippen LogP contribution in [0.1, 0.15) is 5.56 Å². The Bertz CT molecular complexity index is 596. The summed E-state index contributed by atoms with van der Waals surface area (Å²) in [6.45, 7) is 0. The third-order valence-electron chi connectivity index (χ3n) is 2.29. The lowest BCUT2D eigenvalue weighted by molar-refractivity contribution is -0.354. The molecule has 0 aliphatic carbocycles. The van der Waals surface area contributed by atoms with E-state index in [9.17, 15) is 14.0 Å². The van der Waals surface area contributed by atoms with Gasteiger partial charge in [0.1, 0.15) is 0 Å². The summed E-state index contributed by atoms with van der Waals surface area (Å²) >= 11 is 5.71. The summed E-state index contributed by atoms with van der Waals surface area (Å²) in [6, 6.07) is 9.51. The molecule has 0 saturated heterocycles. The van der Waals surface area contributed by atoms with E-state index in [1.807, 2.05) is 0 Å². The molecule has 18 heavy (non-hydrogen) atoms. The maximum absolute atomic E-state index is 13.0. The van der Waals surface area contributed by atoms with Gasteiger partial charge in [-0.3, -0.25) is 0 Å². The zero-order chi connectivity index (χ0) is 13.1. The summed E-state index contributed by atoms with van der Waals surface area (Å²) in [5.74, 6) is -2.04. The van der Waals surface area contributed by atoms with Crippen LogP contribution >= 0.6 is 11.6 Å². The van der Waals surface area contributed by atoms with Gasteiger partial charge in [-0.2, -0.15) is 4.74 Å². The zero-order valence-corrected chi connectivity index (χ0v) is 9.86. The minimum atomic E-state index is -1.06. The van der Waals surface area contributed by atoms with Crippen molar-refractivity contribution < 1.29 is 13.5 Å². The third-order valence-corrected chi connectivity index (χ3v) is 2.55. The summed E-state index contributed by atoms with van der Waals surface area (Å²) in [5.41, 5.74) is 0.628. The van der Waals surface area contributed by atoms with E-state index >= 15 is 0 Å². The SMILES string of the molecule is [O-][N+](=Cc1ccc(Cl)cc1)c1ccc(F)c(F)c1.